The molecule has 0 spiro atoms. The molecule has 4 aromatic heterocycles. The van der Waals surface area contributed by atoms with Crippen LogP contribution in [0.2, 0.25) is 0 Å². The number of nitrogens with zero attached hydrogens (tertiary/aromatic N) is 5. The van der Waals surface area contributed by atoms with Crippen molar-refractivity contribution < 1.29 is 19.1 Å². The average Bonchev–Trinajstić information content (AvgIpc) is 3.47. The van der Waals surface area contributed by atoms with Crippen LogP contribution in [0.5, 0.6) is 5.75 Å². The zero-order valence-corrected chi connectivity index (χ0v) is 21.5. The van der Waals surface area contributed by atoms with Gasteiger partial charge >= 0.3 is 0 Å². The lowest BCUT2D eigenvalue weighted by Gasteiger charge is -2.30. The monoisotopic (exact) mass is 521 g/mol. The molecule has 0 aromatic carbocycles. The highest BCUT2D eigenvalue weighted by molar-refractivity contribution is 7.21. The first-order chi connectivity index (χ1) is 17.9. The predicted octanol–water partition coefficient (Wildman–Crippen LogP) is 3.08. The van der Waals surface area contributed by atoms with Crippen LogP contribution < -0.4 is 15.4 Å². The Kier molecular flexibility index (Phi) is 7.12. The third-order valence-electron chi connectivity index (χ3n) is 6.02. The number of nitrogens with one attached hydrogen (secondary N) is 2. The van der Waals surface area contributed by atoms with Gasteiger partial charge in [-0.15, -0.1) is 11.3 Å². The van der Waals surface area contributed by atoms with E-state index in [2.05, 4.69) is 30.6 Å². The summed E-state index contributed by atoms with van der Waals surface area (Å²) in [6, 6.07) is 3.50. The molecule has 5 rings (SSSR count). The van der Waals surface area contributed by atoms with Crippen LogP contribution >= 0.6 is 11.3 Å². The summed E-state index contributed by atoms with van der Waals surface area (Å²) in [6.45, 7) is 6.08. The van der Waals surface area contributed by atoms with Crippen LogP contribution in [0.1, 0.15) is 23.0 Å². The molecule has 1 fully saturated rings. The van der Waals surface area contributed by atoms with E-state index in [9.17, 15) is 9.59 Å². The van der Waals surface area contributed by atoms with Crippen molar-refractivity contribution in [3.05, 3.63) is 54.4 Å². The summed E-state index contributed by atoms with van der Waals surface area (Å²) in [5, 5.41) is 10.1. The zero-order chi connectivity index (χ0) is 25.9. The summed E-state index contributed by atoms with van der Waals surface area (Å²) in [4.78, 5) is 37.9. The van der Waals surface area contributed by atoms with Crippen molar-refractivity contribution in [3.8, 4) is 16.2 Å². The van der Waals surface area contributed by atoms with Gasteiger partial charge in [0.2, 0.25) is 5.91 Å². The number of hydrogen-bond acceptors (Lipinski definition) is 9. The van der Waals surface area contributed by atoms with Gasteiger partial charge in [-0.2, -0.15) is 5.10 Å². The number of ether oxygens (including phenoxy) is 2. The van der Waals surface area contributed by atoms with Crippen LogP contribution in [0.15, 0.2) is 43.1 Å². The summed E-state index contributed by atoms with van der Waals surface area (Å²) in [7, 11) is 1.60. The van der Waals surface area contributed by atoms with Gasteiger partial charge in [0.25, 0.3) is 5.91 Å². The quantitative estimate of drug-likeness (QED) is 0.380. The number of hydrogen-bond donors (Lipinski definition) is 2. The second kappa shape index (κ2) is 10.6. The summed E-state index contributed by atoms with van der Waals surface area (Å²) >= 11 is 1.42. The lowest BCUT2D eigenvalue weighted by Crippen LogP contribution is -2.44. The Balaban J connectivity index is 1.30. The summed E-state index contributed by atoms with van der Waals surface area (Å²) < 4.78 is 12.6. The molecule has 2 N–H and O–H groups in total. The second-order valence-corrected chi connectivity index (χ2v) is 9.79. The van der Waals surface area contributed by atoms with Crippen LogP contribution in [0, 0.1) is 6.92 Å². The van der Waals surface area contributed by atoms with E-state index in [1.807, 2.05) is 13.1 Å². The van der Waals surface area contributed by atoms with Crippen LogP contribution in [0.25, 0.3) is 15.3 Å². The van der Waals surface area contributed by atoms with E-state index in [1.165, 1.54) is 17.5 Å². The first-order valence-corrected chi connectivity index (χ1v) is 12.6. The average molecular weight is 522 g/mol. The molecule has 11 nitrogen and oxygen atoms in total. The topological polar surface area (TPSA) is 123 Å². The molecule has 0 aliphatic carbocycles. The van der Waals surface area contributed by atoms with Crippen molar-refractivity contribution in [2.75, 3.05) is 44.0 Å². The number of anilines is 2. The maximum Gasteiger partial charge on any atom is 0.260 e. The highest BCUT2D eigenvalue weighted by Gasteiger charge is 2.21. The van der Waals surface area contributed by atoms with Gasteiger partial charge in [-0.1, -0.05) is 0 Å². The third kappa shape index (κ3) is 5.45. The highest BCUT2D eigenvalue weighted by Crippen LogP contribution is 2.35. The Bertz CT molecular complexity index is 1450. The van der Waals surface area contributed by atoms with Crippen molar-refractivity contribution in [2.24, 2.45) is 0 Å². The van der Waals surface area contributed by atoms with Crippen LogP contribution in [-0.2, 0) is 9.53 Å². The molecular formula is C25H27N7O4S. The number of carbonyl (C=O) groups is 2. The van der Waals surface area contributed by atoms with E-state index in [1.54, 1.807) is 49.3 Å². The fourth-order valence-corrected chi connectivity index (χ4v) is 5.24. The van der Waals surface area contributed by atoms with Crippen molar-refractivity contribution in [3.63, 3.8) is 0 Å². The van der Waals surface area contributed by atoms with E-state index in [0.29, 0.717) is 52.9 Å². The van der Waals surface area contributed by atoms with Gasteiger partial charge in [-0.25, -0.2) is 4.52 Å². The van der Waals surface area contributed by atoms with Gasteiger partial charge in [0.1, 0.15) is 10.6 Å². The van der Waals surface area contributed by atoms with Crippen LogP contribution in [-0.4, -0.2) is 75.8 Å². The minimum atomic E-state index is -0.322. The molecule has 1 aliphatic heterocycles. The maximum absolute atomic E-state index is 13.2. The largest absolute Gasteiger partial charge is 0.496 e. The molecule has 37 heavy (non-hydrogen) atoms. The molecule has 0 radical (unpaired) electrons. The molecule has 4 aromatic rings. The maximum atomic E-state index is 13.2. The minimum Gasteiger partial charge on any atom is -0.496 e. The number of pyridine rings is 2. The number of fused-ring (bicyclic) bond motifs is 1. The number of aromatic nitrogens is 4. The molecule has 1 aliphatic rings. The molecule has 0 saturated carbocycles. The Morgan fingerprint density at radius 2 is 2.14 bits per heavy atom. The number of amides is 2. The Labute approximate surface area is 217 Å². The normalized spacial score (nSPS) is 16.0. The van der Waals surface area contributed by atoms with E-state index in [0.717, 1.165) is 10.4 Å². The van der Waals surface area contributed by atoms with Gasteiger partial charge in [-0.05, 0) is 26.0 Å². The van der Waals surface area contributed by atoms with Crippen molar-refractivity contribution in [1.29, 1.82) is 0 Å². The predicted molar refractivity (Wildman–Crippen MR) is 140 cm³/mol. The summed E-state index contributed by atoms with van der Waals surface area (Å²) in [5.41, 5.74) is 2.89. The number of rotatable bonds is 7. The highest BCUT2D eigenvalue weighted by atomic mass is 32.1. The van der Waals surface area contributed by atoms with Crippen molar-refractivity contribution in [1.82, 2.24) is 24.5 Å². The Hall–Kier alpha value is -3.87. The van der Waals surface area contributed by atoms with Gasteiger partial charge in [0.15, 0.2) is 0 Å². The lowest BCUT2D eigenvalue weighted by atomic mass is 10.2. The first-order valence-electron chi connectivity index (χ1n) is 11.8. The summed E-state index contributed by atoms with van der Waals surface area (Å²) in [5.74, 6) is 0.221. The zero-order valence-electron chi connectivity index (χ0n) is 20.7. The van der Waals surface area contributed by atoms with Gasteiger partial charge < -0.3 is 20.1 Å². The van der Waals surface area contributed by atoms with E-state index < -0.39 is 0 Å². The van der Waals surface area contributed by atoms with Crippen molar-refractivity contribution >= 4 is 39.4 Å². The van der Waals surface area contributed by atoms with Gasteiger partial charge in [0, 0.05) is 31.7 Å². The SMILES string of the molecule is COc1ccncc1-c1cn2ncc(C(=O)Nc3cc(NC(=O)CN4CCOC(C)C4)cnc3C)c2s1. The Morgan fingerprint density at radius 1 is 1.27 bits per heavy atom. The fourth-order valence-electron chi connectivity index (χ4n) is 4.17. The van der Waals surface area contributed by atoms with E-state index >= 15 is 0 Å². The fraction of sp³-hybridized carbons (Fsp3) is 0.320. The molecule has 2 amide bonds. The van der Waals surface area contributed by atoms with Crippen LogP contribution in [0.3, 0.4) is 0 Å². The number of aryl methyl sites for hydroxylation is 1. The Morgan fingerprint density at radius 3 is 2.95 bits per heavy atom. The molecule has 1 saturated heterocycles. The molecule has 0 bridgehead atoms. The van der Waals surface area contributed by atoms with Gasteiger partial charge in [-0.3, -0.25) is 24.5 Å². The third-order valence-corrected chi connectivity index (χ3v) is 7.16. The van der Waals surface area contributed by atoms with E-state index in [-0.39, 0.29) is 24.5 Å². The molecule has 1 unspecified atom stereocenters. The van der Waals surface area contributed by atoms with Crippen LogP contribution in [0.4, 0.5) is 11.4 Å². The lowest BCUT2D eigenvalue weighted by molar-refractivity contribution is -0.119. The molecular weight excluding hydrogens is 494 g/mol. The minimum absolute atomic E-state index is 0.102. The molecule has 192 valence electrons. The standard InChI is InChI=1S/C25H27N7O4S/c1-15-12-31(6-7-36-15)14-23(33)29-17-8-20(16(2)27-9-17)30-24(34)19-11-28-32-13-22(37-25(19)32)18-10-26-5-4-21(18)35-3/h4-5,8-11,13,15H,6-7,12,14H2,1-3H3,(H,29,33)(H,30,34). The molecule has 1 atom stereocenters. The number of thiazole rings is 1. The molecule has 12 heteroatoms. The summed E-state index contributed by atoms with van der Waals surface area (Å²) in [6.07, 6.45) is 8.44. The second-order valence-electron chi connectivity index (χ2n) is 8.76. The number of methoxy groups -OCH3 is 1. The number of carbonyl (C=O) groups excluding carboxylic acids is 2. The molecule has 5 heterocycles. The van der Waals surface area contributed by atoms with Gasteiger partial charge in [0.05, 0.1) is 71.8 Å². The van der Waals surface area contributed by atoms with Crippen molar-refractivity contribution in [2.45, 2.75) is 20.0 Å². The number of morpholine rings is 1. The smallest absolute Gasteiger partial charge is 0.260 e. The van der Waals surface area contributed by atoms with E-state index in [4.69, 9.17) is 9.47 Å². The first kappa shape index (κ1) is 24.8.